The van der Waals surface area contributed by atoms with E-state index in [-0.39, 0.29) is 11.9 Å². The van der Waals surface area contributed by atoms with Gasteiger partial charge in [-0.1, -0.05) is 12.8 Å². The molecule has 0 fully saturated rings. The molecule has 0 aromatic carbocycles. The van der Waals surface area contributed by atoms with Crippen molar-refractivity contribution in [1.29, 1.82) is 0 Å². The first-order valence-electron chi connectivity index (χ1n) is 5.00. The van der Waals surface area contributed by atoms with Crippen LogP contribution in [0.25, 0.3) is 0 Å². The second-order valence-corrected chi connectivity index (χ2v) is 5.21. The third kappa shape index (κ3) is 3.47. The summed E-state index contributed by atoms with van der Waals surface area (Å²) in [5.74, 6) is 2.47. The molecule has 1 aromatic heterocycles. The monoisotopic (exact) mass is 254 g/mol. The standard InChI is InChI=1S/C11H14N2OS2/c1-4-8(5-2)13-10(14)6-9-7(3)12-11(15)16-9/h1,8H,5-6H2,2-3H3,(H,12,15)(H,13,14). The zero-order chi connectivity index (χ0) is 12.1. The summed E-state index contributed by atoms with van der Waals surface area (Å²) < 4.78 is 0.698. The predicted molar refractivity (Wildman–Crippen MR) is 69.0 cm³/mol. The molecule has 0 radical (unpaired) electrons. The number of hydrogen-bond donors (Lipinski definition) is 2. The van der Waals surface area contributed by atoms with Crippen LogP contribution in [-0.4, -0.2) is 16.9 Å². The van der Waals surface area contributed by atoms with E-state index in [1.807, 2.05) is 13.8 Å². The Kier molecular flexibility index (Phi) is 4.71. The summed E-state index contributed by atoms with van der Waals surface area (Å²) in [4.78, 5) is 15.6. The molecule has 0 aliphatic rings. The Labute approximate surface area is 104 Å². The fourth-order valence-electron chi connectivity index (χ4n) is 1.26. The largest absolute Gasteiger partial charge is 0.342 e. The zero-order valence-corrected chi connectivity index (χ0v) is 10.9. The van der Waals surface area contributed by atoms with E-state index in [0.29, 0.717) is 10.4 Å². The molecular weight excluding hydrogens is 240 g/mol. The van der Waals surface area contributed by atoms with E-state index in [2.05, 4.69) is 16.2 Å². The maximum atomic E-state index is 11.7. The van der Waals surface area contributed by atoms with Gasteiger partial charge in [0, 0.05) is 10.6 Å². The van der Waals surface area contributed by atoms with Crippen LogP contribution in [0.5, 0.6) is 0 Å². The lowest BCUT2D eigenvalue weighted by atomic mass is 10.2. The maximum Gasteiger partial charge on any atom is 0.226 e. The van der Waals surface area contributed by atoms with Crippen molar-refractivity contribution in [2.24, 2.45) is 0 Å². The summed E-state index contributed by atoms with van der Waals surface area (Å²) in [5, 5.41) is 2.79. The number of amides is 1. The summed E-state index contributed by atoms with van der Waals surface area (Å²) in [6, 6.07) is -0.181. The van der Waals surface area contributed by atoms with Gasteiger partial charge < -0.3 is 10.3 Å². The van der Waals surface area contributed by atoms with Crippen LogP contribution in [0.15, 0.2) is 0 Å². The molecule has 0 bridgehead atoms. The zero-order valence-electron chi connectivity index (χ0n) is 9.29. The topological polar surface area (TPSA) is 44.9 Å². The van der Waals surface area contributed by atoms with Crippen LogP contribution in [0, 0.1) is 23.2 Å². The number of aromatic nitrogens is 1. The molecular formula is C11H14N2OS2. The molecule has 1 heterocycles. The van der Waals surface area contributed by atoms with Gasteiger partial charge in [0.25, 0.3) is 0 Å². The minimum atomic E-state index is -0.181. The van der Waals surface area contributed by atoms with Crippen LogP contribution in [0.2, 0.25) is 0 Å². The van der Waals surface area contributed by atoms with E-state index >= 15 is 0 Å². The third-order valence-corrected chi connectivity index (χ3v) is 3.53. The second-order valence-electron chi connectivity index (χ2n) is 3.43. The highest BCUT2D eigenvalue weighted by molar-refractivity contribution is 7.73. The molecule has 0 aliphatic heterocycles. The third-order valence-electron chi connectivity index (χ3n) is 2.19. The Morgan fingerprint density at radius 1 is 1.75 bits per heavy atom. The molecule has 16 heavy (non-hydrogen) atoms. The van der Waals surface area contributed by atoms with E-state index in [9.17, 15) is 4.79 Å². The normalized spacial score (nSPS) is 11.8. The van der Waals surface area contributed by atoms with Crippen LogP contribution in [0.4, 0.5) is 0 Å². The molecule has 0 aliphatic carbocycles. The predicted octanol–water partition coefficient (Wildman–Crippen LogP) is 2.18. The van der Waals surface area contributed by atoms with Gasteiger partial charge in [-0.05, 0) is 25.6 Å². The van der Waals surface area contributed by atoms with Gasteiger partial charge in [0.2, 0.25) is 5.91 Å². The molecule has 0 saturated carbocycles. The highest BCUT2D eigenvalue weighted by Gasteiger charge is 2.11. The highest BCUT2D eigenvalue weighted by Crippen LogP contribution is 2.14. The first-order valence-corrected chi connectivity index (χ1v) is 6.23. The van der Waals surface area contributed by atoms with E-state index in [1.54, 1.807) is 0 Å². The van der Waals surface area contributed by atoms with E-state index in [1.165, 1.54) is 11.3 Å². The van der Waals surface area contributed by atoms with Gasteiger partial charge in [0.05, 0.1) is 12.5 Å². The fraction of sp³-hybridized carbons (Fsp3) is 0.455. The average molecular weight is 254 g/mol. The number of H-pyrrole nitrogens is 1. The molecule has 1 rings (SSSR count). The molecule has 5 heteroatoms. The van der Waals surface area contributed by atoms with Crippen LogP contribution in [0.1, 0.15) is 23.9 Å². The van der Waals surface area contributed by atoms with Crippen LogP contribution in [-0.2, 0) is 11.2 Å². The number of rotatable bonds is 4. The van der Waals surface area contributed by atoms with Crippen LogP contribution in [0.3, 0.4) is 0 Å². The highest BCUT2D eigenvalue weighted by atomic mass is 32.1. The lowest BCUT2D eigenvalue weighted by Gasteiger charge is -2.09. The molecule has 0 saturated heterocycles. The van der Waals surface area contributed by atoms with Crippen molar-refractivity contribution < 1.29 is 4.79 Å². The Balaban J connectivity index is 2.62. The Bertz CT molecular complexity index is 467. The summed E-state index contributed by atoms with van der Waals surface area (Å²) in [6.45, 7) is 3.85. The van der Waals surface area contributed by atoms with Crippen molar-refractivity contribution >= 4 is 29.5 Å². The summed E-state index contributed by atoms with van der Waals surface area (Å²) in [7, 11) is 0. The molecule has 1 amide bonds. The molecule has 2 N–H and O–H groups in total. The van der Waals surface area contributed by atoms with Crippen molar-refractivity contribution in [1.82, 2.24) is 10.3 Å². The molecule has 0 spiro atoms. The van der Waals surface area contributed by atoms with E-state index in [4.69, 9.17) is 18.6 Å². The van der Waals surface area contributed by atoms with Gasteiger partial charge in [0.1, 0.15) is 0 Å². The van der Waals surface area contributed by atoms with Gasteiger partial charge in [-0.15, -0.1) is 17.8 Å². The van der Waals surface area contributed by atoms with Gasteiger partial charge >= 0.3 is 0 Å². The van der Waals surface area contributed by atoms with E-state index < -0.39 is 0 Å². The van der Waals surface area contributed by atoms with Crippen molar-refractivity contribution in [3.05, 3.63) is 14.5 Å². The number of carbonyl (C=O) groups is 1. The summed E-state index contributed by atoms with van der Waals surface area (Å²) in [6.07, 6.45) is 6.35. The SMILES string of the molecule is C#CC(CC)NC(=O)Cc1sc(=S)[nH]c1C. The van der Waals surface area contributed by atoms with Crippen molar-refractivity contribution in [3.8, 4) is 12.3 Å². The van der Waals surface area contributed by atoms with E-state index in [0.717, 1.165) is 17.0 Å². The number of nitrogens with one attached hydrogen (secondary N) is 2. The average Bonchev–Trinajstić information content (AvgIpc) is 2.54. The Morgan fingerprint density at radius 3 is 2.88 bits per heavy atom. The van der Waals surface area contributed by atoms with Crippen LogP contribution >= 0.6 is 23.6 Å². The number of aryl methyl sites for hydroxylation is 1. The van der Waals surface area contributed by atoms with Crippen LogP contribution < -0.4 is 5.32 Å². The van der Waals surface area contributed by atoms with Gasteiger partial charge in [-0.25, -0.2) is 0 Å². The smallest absolute Gasteiger partial charge is 0.226 e. The molecule has 3 nitrogen and oxygen atoms in total. The second kappa shape index (κ2) is 5.83. The molecule has 1 atom stereocenters. The first-order chi connectivity index (χ1) is 7.56. The number of carbonyl (C=O) groups excluding carboxylic acids is 1. The quantitative estimate of drug-likeness (QED) is 0.639. The first kappa shape index (κ1) is 12.9. The number of aromatic amines is 1. The van der Waals surface area contributed by atoms with Gasteiger partial charge in [-0.2, -0.15) is 0 Å². The van der Waals surface area contributed by atoms with Crippen molar-refractivity contribution in [2.45, 2.75) is 32.7 Å². The number of terminal acetylenes is 1. The number of hydrogen-bond acceptors (Lipinski definition) is 3. The van der Waals surface area contributed by atoms with Crippen molar-refractivity contribution in [3.63, 3.8) is 0 Å². The molecule has 1 aromatic rings. The Morgan fingerprint density at radius 2 is 2.44 bits per heavy atom. The Hall–Kier alpha value is -1.12. The summed E-state index contributed by atoms with van der Waals surface area (Å²) >= 11 is 6.44. The maximum absolute atomic E-state index is 11.7. The molecule has 1 unspecified atom stereocenters. The lowest BCUT2D eigenvalue weighted by Crippen LogP contribution is -2.34. The lowest BCUT2D eigenvalue weighted by molar-refractivity contribution is -0.120. The minimum absolute atomic E-state index is 0.0573. The van der Waals surface area contributed by atoms with Gasteiger partial charge in [0.15, 0.2) is 3.95 Å². The van der Waals surface area contributed by atoms with Gasteiger partial charge in [-0.3, -0.25) is 4.79 Å². The minimum Gasteiger partial charge on any atom is -0.342 e. The van der Waals surface area contributed by atoms with Crippen molar-refractivity contribution in [2.75, 3.05) is 0 Å². The fourth-order valence-corrected chi connectivity index (χ4v) is 2.55. The molecule has 86 valence electrons. The summed E-state index contributed by atoms with van der Waals surface area (Å²) in [5.41, 5.74) is 0.957. The number of thiazole rings is 1.